The molecule has 0 aromatic heterocycles. The molecule has 24 heavy (non-hydrogen) atoms. The van der Waals surface area contributed by atoms with E-state index in [1.807, 2.05) is 4.90 Å². The molecule has 0 aliphatic carbocycles. The number of morpholine rings is 1. The zero-order valence-electron chi connectivity index (χ0n) is 14.7. The van der Waals surface area contributed by atoms with Crippen LogP contribution in [0, 0.1) is 5.92 Å². The Hall–Kier alpha value is -0.890. The van der Waals surface area contributed by atoms with E-state index in [1.54, 1.807) is 0 Å². The van der Waals surface area contributed by atoms with Gasteiger partial charge < -0.3 is 24.4 Å². The number of nitrogens with one attached hydrogen (secondary N) is 1. The Morgan fingerprint density at radius 2 is 2.21 bits per heavy atom. The van der Waals surface area contributed by atoms with Gasteiger partial charge in [-0.05, 0) is 26.3 Å². The topological polar surface area (TPSA) is 63.3 Å². The third kappa shape index (κ3) is 4.81. The fourth-order valence-corrected chi connectivity index (χ4v) is 3.67. The highest BCUT2D eigenvalue weighted by Gasteiger charge is 2.36. The number of hydrogen-bond acceptors (Lipinski definition) is 5. The second kappa shape index (κ2) is 8.99. The molecule has 3 aliphatic heterocycles. The molecule has 7 nitrogen and oxygen atoms in total. The van der Waals surface area contributed by atoms with E-state index in [1.165, 1.54) is 0 Å². The van der Waals surface area contributed by atoms with Crippen LogP contribution in [0.5, 0.6) is 0 Å². The van der Waals surface area contributed by atoms with Gasteiger partial charge in [-0.25, -0.2) is 4.79 Å². The molecule has 138 valence electrons. The Labute approximate surface area is 144 Å². The summed E-state index contributed by atoms with van der Waals surface area (Å²) in [6, 6.07) is 0.367. The highest BCUT2D eigenvalue weighted by molar-refractivity contribution is 5.74. The van der Waals surface area contributed by atoms with Gasteiger partial charge in [0.2, 0.25) is 0 Å². The van der Waals surface area contributed by atoms with Crippen molar-refractivity contribution >= 4 is 6.03 Å². The van der Waals surface area contributed by atoms with Crippen LogP contribution in [0.1, 0.15) is 19.3 Å². The van der Waals surface area contributed by atoms with Crippen LogP contribution in [0.15, 0.2) is 0 Å². The van der Waals surface area contributed by atoms with Crippen molar-refractivity contribution in [1.29, 1.82) is 0 Å². The molecule has 3 rings (SSSR count). The first-order valence-corrected chi connectivity index (χ1v) is 9.24. The zero-order valence-corrected chi connectivity index (χ0v) is 14.7. The Morgan fingerprint density at radius 1 is 1.29 bits per heavy atom. The Balaban J connectivity index is 1.28. The van der Waals surface area contributed by atoms with E-state index in [4.69, 9.17) is 14.2 Å². The number of rotatable bonds is 6. The molecule has 0 aromatic rings. The summed E-state index contributed by atoms with van der Waals surface area (Å²) in [5, 5.41) is 3.01. The third-order valence-corrected chi connectivity index (χ3v) is 5.27. The predicted molar refractivity (Wildman–Crippen MR) is 90.1 cm³/mol. The monoisotopic (exact) mass is 341 g/mol. The number of carbonyl (C=O) groups is 1. The molecule has 3 heterocycles. The molecule has 0 spiro atoms. The summed E-state index contributed by atoms with van der Waals surface area (Å²) in [5.74, 6) is 0.551. The van der Waals surface area contributed by atoms with E-state index < -0.39 is 0 Å². The quantitative estimate of drug-likeness (QED) is 0.715. The van der Waals surface area contributed by atoms with Gasteiger partial charge in [0.15, 0.2) is 0 Å². The predicted octanol–water partition coefficient (Wildman–Crippen LogP) is 0.544. The van der Waals surface area contributed by atoms with Crippen molar-refractivity contribution in [1.82, 2.24) is 15.1 Å². The molecule has 7 heteroatoms. The number of nitrogens with zero attached hydrogens (tertiary/aromatic N) is 2. The Morgan fingerprint density at radius 3 is 3.04 bits per heavy atom. The van der Waals surface area contributed by atoms with E-state index in [9.17, 15) is 4.79 Å². The molecular formula is C17H31N3O4. The van der Waals surface area contributed by atoms with E-state index in [-0.39, 0.29) is 12.1 Å². The maximum absolute atomic E-state index is 12.3. The van der Waals surface area contributed by atoms with Crippen LogP contribution >= 0.6 is 0 Å². The van der Waals surface area contributed by atoms with E-state index in [0.29, 0.717) is 25.1 Å². The minimum atomic E-state index is 0.0385. The highest BCUT2D eigenvalue weighted by atomic mass is 16.5. The molecule has 0 bridgehead atoms. The van der Waals surface area contributed by atoms with Gasteiger partial charge in [0.1, 0.15) is 0 Å². The van der Waals surface area contributed by atoms with Crippen LogP contribution in [0.25, 0.3) is 0 Å². The molecular weight excluding hydrogens is 310 g/mol. The minimum absolute atomic E-state index is 0.0385. The number of ether oxygens (including phenoxy) is 3. The lowest BCUT2D eigenvalue weighted by atomic mass is 9.99. The van der Waals surface area contributed by atoms with Crippen molar-refractivity contribution in [3.8, 4) is 0 Å². The smallest absolute Gasteiger partial charge is 0.317 e. The van der Waals surface area contributed by atoms with Crippen molar-refractivity contribution in [3.05, 3.63) is 0 Å². The first-order chi connectivity index (χ1) is 11.7. The van der Waals surface area contributed by atoms with Gasteiger partial charge in [-0.1, -0.05) is 0 Å². The zero-order chi connectivity index (χ0) is 16.8. The average molecular weight is 341 g/mol. The highest BCUT2D eigenvalue weighted by Crippen LogP contribution is 2.21. The molecule has 0 aromatic carbocycles. The number of likely N-dealkylation sites (tertiary alicyclic amines) is 1. The lowest BCUT2D eigenvalue weighted by Crippen LogP contribution is -2.60. The molecule has 0 radical (unpaired) electrons. The van der Waals surface area contributed by atoms with E-state index in [0.717, 1.165) is 65.3 Å². The van der Waals surface area contributed by atoms with Gasteiger partial charge in [0, 0.05) is 45.3 Å². The number of amides is 2. The number of carbonyl (C=O) groups excluding carboxylic acids is 1. The summed E-state index contributed by atoms with van der Waals surface area (Å²) in [6.07, 6.45) is 3.16. The van der Waals surface area contributed by atoms with Gasteiger partial charge in [-0.15, -0.1) is 0 Å². The number of fused-ring (bicyclic) bond motifs is 1. The average Bonchev–Trinajstić information content (AvgIpc) is 3.11. The van der Waals surface area contributed by atoms with Crippen molar-refractivity contribution in [2.45, 2.75) is 31.4 Å². The van der Waals surface area contributed by atoms with Crippen molar-refractivity contribution in [3.63, 3.8) is 0 Å². The minimum Gasteiger partial charge on any atom is -0.381 e. The Kier molecular flexibility index (Phi) is 6.71. The van der Waals surface area contributed by atoms with Crippen LogP contribution in [0.3, 0.4) is 0 Å². The molecule has 0 saturated carbocycles. The van der Waals surface area contributed by atoms with Gasteiger partial charge in [-0.3, -0.25) is 4.90 Å². The van der Waals surface area contributed by atoms with E-state index in [2.05, 4.69) is 17.3 Å². The fraction of sp³-hybridized carbons (Fsp3) is 0.941. The van der Waals surface area contributed by atoms with Gasteiger partial charge in [-0.2, -0.15) is 0 Å². The molecule has 1 N–H and O–H groups in total. The summed E-state index contributed by atoms with van der Waals surface area (Å²) in [6.45, 7) is 7.10. The standard InChI is InChI=1S/C17H31N3O4/c1-19-7-10-24-16-3-6-20(11-15(16)19)17(21)18-5-2-8-22-12-14-4-9-23-13-14/h14-16H,2-13H2,1H3,(H,18,21)/t14-,15+,16+/m0/s1. The maximum Gasteiger partial charge on any atom is 0.317 e. The first kappa shape index (κ1) is 17.9. The van der Waals surface area contributed by atoms with Gasteiger partial charge >= 0.3 is 6.03 Å². The molecule has 0 unspecified atom stereocenters. The van der Waals surface area contributed by atoms with E-state index >= 15 is 0 Å². The number of likely N-dealkylation sites (N-methyl/N-ethyl adjacent to an activating group) is 1. The van der Waals surface area contributed by atoms with Crippen molar-refractivity contribution in [2.24, 2.45) is 5.92 Å². The second-order valence-corrected chi connectivity index (χ2v) is 7.08. The van der Waals surface area contributed by atoms with Crippen LogP contribution in [0.2, 0.25) is 0 Å². The van der Waals surface area contributed by atoms with Gasteiger partial charge in [0.25, 0.3) is 0 Å². The third-order valence-electron chi connectivity index (χ3n) is 5.27. The lowest BCUT2D eigenvalue weighted by molar-refractivity contribution is -0.0881. The van der Waals surface area contributed by atoms with Crippen LogP contribution in [-0.4, -0.2) is 94.2 Å². The molecule has 3 atom stereocenters. The number of piperidine rings is 1. The largest absolute Gasteiger partial charge is 0.381 e. The summed E-state index contributed by atoms with van der Waals surface area (Å²) < 4.78 is 16.8. The van der Waals surface area contributed by atoms with Crippen molar-refractivity contribution < 1.29 is 19.0 Å². The normalized spacial score (nSPS) is 31.0. The van der Waals surface area contributed by atoms with Crippen molar-refractivity contribution in [2.75, 3.05) is 66.3 Å². The van der Waals surface area contributed by atoms with Gasteiger partial charge in [0.05, 0.1) is 32.0 Å². The number of urea groups is 1. The summed E-state index contributed by atoms with van der Waals surface area (Å²) in [7, 11) is 2.12. The maximum atomic E-state index is 12.3. The second-order valence-electron chi connectivity index (χ2n) is 7.08. The molecule has 3 saturated heterocycles. The summed E-state index contributed by atoms with van der Waals surface area (Å²) in [4.78, 5) is 16.6. The van der Waals surface area contributed by atoms with Crippen LogP contribution in [-0.2, 0) is 14.2 Å². The summed E-state index contributed by atoms with van der Waals surface area (Å²) >= 11 is 0. The Bertz CT molecular complexity index is 403. The molecule has 2 amide bonds. The molecule has 3 aliphatic rings. The van der Waals surface area contributed by atoms with Crippen LogP contribution in [0.4, 0.5) is 4.79 Å². The fourth-order valence-electron chi connectivity index (χ4n) is 3.67. The SMILES string of the molecule is CN1CCO[C@@H]2CCN(C(=O)NCCCOC[C@@H]3CCOC3)C[C@H]21. The lowest BCUT2D eigenvalue weighted by Gasteiger charge is -2.45. The molecule has 3 fully saturated rings. The van der Waals surface area contributed by atoms with Crippen LogP contribution < -0.4 is 5.32 Å². The summed E-state index contributed by atoms with van der Waals surface area (Å²) in [5.41, 5.74) is 0. The number of hydrogen-bond donors (Lipinski definition) is 1. The first-order valence-electron chi connectivity index (χ1n) is 9.24.